The maximum Gasteiger partial charge on any atom is 0.121 e. The zero-order chi connectivity index (χ0) is 15.4. The quantitative estimate of drug-likeness (QED) is 0.796. The molecule has 0 aliphatic heterocycles. The van der Waals surface area contributed by atoms with Gasteiger partial charge in [0.1, 0.15) is 5.75 Å². The van der Waals surface area contributed by atoms with Crippen LogP contribution in [-0.2, 0) is 0 Å². The second-order valence-corrected chi connectivity index (χ2v) is 6.63. The minimum atomic E-state index is 0.334. The zero-order valence-electron chi connectivity index (χ0n) is 13.9. The van der Waals surface area contributed by atoms with E-state index in [1.165, 1.54) is 30.4 Å². The number of nitrogens with two attached hydrogens (primary N) is 1. The molecule has 3 heteroatoms. The lowest BCUT2D eigenvalue weighted by molar-refractivity contribution is 0.180. The van der Waals surface area contributed by atoms with E-state index in [9.17, 15) is 0 Å². The Hall–Kier alpha value is -1.06. The van der Waals surface area contributed by atoms with Crippen LogP contribution in [0.5, 0.6) is 5.75 Å². The summed E-state index contributed by atoms with van der Waals surface area (Å²) in [4.78, 5) is 2.63. The van der Waals surface area contributed by atoms with Crippen LogP contribution in [-0.4, -0.2) is 31.1 Å². The molecule has 1 aliphatic carbocycles. The molecule has 0 saturated heterocycles. The van der Waals surface area contributed by atoms with Crippen LogP contribution in [0.4, 0.5) is 0 Å². The Balaban J connectivity index is 2.17. The van der Waals surface area contributed by atoms with Crippen LogP contribution in [0.15, 0.2) is 18.2 Å². The van der Waals surface area contributed by atoms with Gasteiger partial charge in [0.2, 0.25) is 0 Å². The van der Waals surface area contributed by atoms with Gasteiger partial charge in [-0.2, -0.15) is 0 Å². The van der Waals surface area contributed by atoms with E-state index < -0.39 is 0 Å². The standard InChI is InChI=1S/C18H30N2O/c1-13(2)9-10-20(16-6-7-16)17(12-19)15-5-8-18(21-4)14(3)11-15/h5,8,11,13,16-17H,6-7,9-10,12,19H2,1-4H3. The lowest BCUT2D eigenvalue weighted by atomic mass is 10.0. The molecule has 1 atom stereocenters. The first-order valence-corrected chi connectivity index (χ1v) is 8.17. The second kappa shape index (κ2) is 7.28. The number of nitrogens with zero attached hydrogens (tertiary/aromatic N) is 1. The molecule has 1 aliphatic rings. The second-order valence-electron chi connectivity index (χ2n) is 6.63. The fraction of sp³-hybridized carbons (Fsp3) is 0.667. The SMILES string of the molecule is COc1ccc(C(CN)N(CCC(C)C)C2CC2)cc1C. The van der Waals surface area contributed by atoms with Gasteiger partial charge in [0, 0.05) is 18.6 Å². The average Bonchev–Trinajstić information content (AvgIpc) is 3.27. The van der Waals surface area contributed by atoms with Crippen LogP contribution in [0.25, 0.3) is 0 Å². The lowest BCUT2D eigenvalue weighted by Gasteiger charge is -2.32. The van der Waals surface area contributed by atoms with Gasteiger partial charge in [0.15, 0.2) is 0 Å². The third kappa shape index (κ3) is 4.21. The van der Waals surface area contributed by atoms with Crippen LogP contribution in [0.3, 0.4) is 0 Å². The zero-order valence-corrected chi connectivity index (χ0v) is 13.9. The molecule has 2 rings (SSSR count). The summed E-state index contributed by atoms with van der Waals surface area (Å²) in [6, 6.07) is 7.55. The topological polar surface area (TPSA) is 38.5 Å². The van der Waals surface area contributed by atoms with Crippen molar-refractivity contribution >= 4 is 0 Å². The minimum absolute atomic E-state index is 0.334. The van der Waals surface area contributed by atoms with E-state index in [4.69, 9.17) is 10.5 Å². The van der Waals surface area contributed by atoms with Gasteiger partial charge in [-0.05, 0) is 55.8 Å². The van der Waals surface area contributed by atoms with E-state index in [0.717, 1.165) is 24.3 Å². The van der Waals surface area contributed by atoms with Gasteiger partial charge in [-0.1, -0.05) is 26.0 Å². The largest absolute Gasteiger partial charge is 0.496 e. The van der Waals surface area contributed by atoms with Crippen molar-refractivity contribution in [1.29, 1.82) is 0 Å². The summed E-state index contributed by atoms with van der Waals surface area (Å²) >= 11 is 0. The molecule has 0 spiro atoms. The van der Waals surface area contributed by atoms with Crippen molar-refractivity contribution < 1.29 is 4.74 Å². The molecule has 2 N–H and O–H groups in total. The Morgan fingerprint density at radius 1 is 1.33 bits per heavy atom. The predicted octanol–water partition coefficient (Wildman–Crippen LogP) is 3.51. The summed E-state index contributed by atoms with van der Waals surface area (Å²) in [7, 11) is 1.72. The average molecular weight is 290 g/mol. The summed E-state index contributed by atoms with van der Waals surface area (Å²) < 4.78 is 5.37. The van der Waals surface area contributed by atoms with Crippen LogP contribution in [0.1, 0.15) is 50.3 Å². The summed E-state index contributed by atoms with van der Waals surface area (Å²) in [6.45, 7) is 8.52. The van der Waals surface area contributed by atoms with Crippen LogP contribution >= 0.6 is 0 Å². The van der Waals surface area contributed by atoms with E-state index in [1.54, 1.807) is 7.11 Å². The van der Waals surface area contributed by atoms with Crippen molar-refractivity contribution in [2.24, 2.45) is 11.7 Å². The predicted molar refractivity (Wildman–Crippen MR) is 88.7 cm³/mol. The first kappa shape index (κ1) is 16.3. The highest BCUT2D eigenvalue weighted by Gasteiger charge is 2.33. The van der Waals surface area contributed by atoms with Gasteiger partial charge in [0.05, 0.1) is 7.11 Å². The highest BCUT2D eigenvalue weighted by molar-refractivity contribution is 5.37. The Morgan fingerprint density at radius 2 is 2.05 bits per heavy atom. The first-order valence-electron chi connectivity index (χ1n) is 8.17. The van der Waals surface area contributed by atoms with E-state index in [0.29, 0.717) is 12.6 Å². The molecule has 1 aromatic carbocycles. The van der Waals surface area contributed by atoms with Gasteiger partial charge in [-0.15, -0.1) is 0 Å². The molecule has 1 saturated carbocycles. The van der Waals surface area contributed by atoms with Crippen molar-refractivity contribution in [2.75, 3.05) is 20.2 Å². The van der Waals surface area contributed by atoms with Crippen LogP contribution in [0.2, 0.25) is 0 Å². The van der Waals surface area contributed by atoms with E-state index in [1.807, 2.05) is 0 Å². The van der Waals surface area contributed by atoms with E-state index >= 15 is 0 Å². The number of aryl methyl sites for hydroxylation is 1. The Bertz CT molecular complexity index is 455. The van der Waals surface area contributed by atoms with Crippen molar-refractivity contribution in [3.05, 3.63) is 29.3 Å². The summed E-state index contributed by atoms with van der Waals surface area (Å²) in [5.41, 5.74) is 8.64. The normalized spacial score (nSPS) is 16.5. The first-order chi connectivity index (χ1) is 10.1. The third-order valence-electron chi connectivity index (χ3n) is 4.41. The van der Waals surface area contributed by atoms with E-state index in [2.05, 4.69) is 43.9 Å². The fourth-order valence-electron chi connectivity index (χ4n) is 2.98. The maximum absolute atomic E-state index is 6.13. The molecule has 0 amide bonds. The van der Waals surface area contributed by atoms with Gasteiger partial charge >= 0.3 is 0 Å². The number of hydrogen-bond acceptors (Lipinski definition) is 3. The highest BCUT2D eigenvalue weighted by atomic mass is 16.5. The molecule has 0 radical (unpaired) electrons. The van der Waals surface area contributed by atoms with Crippen LogP contribution in [0, 0.1) is 12.8 Å². The summed E-state index contributed by atoms with van der Waals surface area (Å²) in [5.74, 6) is 1.69. The molecule has 21 heavy (non-hydrogen) atoms. The molecule has 118 valence electrons. The molecule has 3 nitrogen and oxygen atoms in total. The smallest absolute Gasteiger partial charge is 0.121 e. The lowest BCUT2D eigenvalue weighted by Crippen LogP contribution is -2.36. The molecular formula is C18H30N2O. The van der Waals surface area contributed by atoms with Gasteiger partial charge < -0.3 is 10.5 Å². The van der Waals surface area contributed by atoms with E-state index in [-0.39, 0.29) is 0 Å². The number of benzene rings is 1. The molecule has 0 heterocycles. The van der Waals surface area contributed by atoms with Crippen molar-refractivity contribution in [3.63, 3.8) is 0 Å². The molecule has 0 bridgehead atoms. The fourth-order valence-corrected chi connectivity index (χ4v) is 2.98. The van der Waals surface area contributed by atoms with Gasteiger partial charge in [0.25, 0.3) is 0 Å². The van der Waals surface area contributed by atoms with Gasteiger partial charge in [-0.3, -0.25) is 4.90 Å². The third-order valence-corrected chi connectivity index (χ3v) is 4.41. The van der Waals surface area contributed by atoms with Crippen molar-refractivity contribution in [1.82, 2.24) is 4.90 Å². The Labute approximate surface area is 129 Å². The number of ether oxygens (including phenoxy) is 1. The summed E-state index contributed by atoms with van der Waals surface area (Å²) in [5, 5.41) is 0. The molecule has 1 fully saturated rings. The number of rotatable bonds is 8. The molecule has 1 unspecified atom stereocenters. The maximum atomic E-state index is 6.13. The molecular weight excluding hydrogens is 260 g/mol. The monoisotopic (exact) mass is 290 g/mol. The van der Waals surface area contributed by atoms with Crippen molar-refractivity contribution in [3.8, 4) is 5.75 Å². The highest BCUT2D eigenvalue weighted by Crippen LogP contribution is 2.35. The Kier molecular flexibility index (Phi) is 5.65. The minimum Gasteiger partial charge on any atom is -0.496 e. The summed E-state index contributed by atoms with van der Waals surface area (Å²) in [6.07, 6.45) is 3.88. The van der Waals surface area contributed by atoms with Gasteiger partial charge in [-0.25, -0.2) is 0 Å². The van der Waals surface area contributed by atoms with Crippen molar-refractivity contribution in [2.45, 2.75) is 52.1 Å². The molecule has 1 aromatic rings. The Morgan fingerprint density at radius 3 is 2.52 bits per heavy atom. The molecule has 0 aromatic heterocycles. The van der Waals surface area contributed by atoms with Crippen LogP contribution < -0.4 is 10.5 Å². The number of hydrogen-bond donors (Lipinski definition) is 1. The number of methoxy groups -OCH3 is 1.